The van der Waals surface area contributed by atoms with Crippen LogP contribution in [-0.4, -0.2) is 32.3 Å². The highest BCUT2D eigenvalue weighted by Crippen LogP contribution is 2.39. The van der Waals surface area contributed by atoms with E-state index in [-0.39, 0.29) is 5.56 Å². The Kier molecular flexibility index (Phi) is 3.99. The van der Waals surface area contributed by atoms with Gasteiger partial charge in [0.05, 0.1) is 11.9 Å². The molecule has 0 bridgehead atoms. The van der Waals surface area contributed by atoms with Crippen LogP contribution in [0.1, 0.15) is 39.0 Å². The Hall–Kier alpha value is -2.63. The number of piperidine rings is 1. The fourth-order valence-electron chi connectivity index (χ4n) is 4.98. The van der Waals surface area contributed by atoms with Crippen molar-refractivity contribution in [2.75, 3.05) is 11.4 Å². The molecule has 1 saturated carbocycles. The second-order valence-electron chi connectivity index (χ2n) is 7.99. The van der Waals surface area contributed by atoms with Crippen LogP contribution in [0.25, 0.3) is 16.7 Å². The maximum atomic E-state index is 12.7. The molecule has 0 spiro atoms. The number of rotatable bonds is 2. The Morgan fingerprint density at radius 2 is 1.93 bits per heavy atom. The van der Waals surface area contributed by atoms with Gasteiger partial charge in [0.15, 0.2) is 5.65 Å². The molecular weight excluding hydrogens is 338 g/mol. The summed E-state index contributed by atoms with van der Waals surface area (Å²) >= 11 is 0. The van der Waals surface area contributed by atoms with E-state index >= 15 is 0 Å². The minimum absolute atomic E-state index is 0.108. The predicted molar refractivity (Wildman–Crippen MR) is 106 cm³/mol. The number of benzene rings is 1. The van der Waals surface area contributed by atoms with Crippen molar-refractivity contribution in [1.29, 1.82) is 0 Å². The Labute approximate surface area is 158 Å². The summed E-state index contributed by atoms with van der Waals surface area (Å²) < 4.78 is 1.76. The molecule has 1 aliphatic heterocycles. The second-order valence-corrected chi connectivity index (χ2v) is 7.99. The van der Waals surface area contributed by atoms with Gasteiger partial charge in [-0.1, -0.05) is 38.0 Å². The van der Waals surface area contributed by atoms with Crippen LogP contribution in [0, 0.1) is 11.8 Å². The number of fused-ring (bicyclic) bond motifs is 2. The quantitative estimate of drug-likeness (QED) is 0.756. The highest BCUT2D eigenvalue weighted by atomic mass is 16.1. The monoisotopic (exact) mass is 363 g/mol. The lowest BCUT2D eigenvalue weighted by Crippen LogP contribution is -2.51. The van der Waals surface area contributed by atoms with Crippen LogP contribution in [0.15, 0.2) is 41.3 Å². The van der Waals surface area contributed by atoms with E-state index in [1.165, 1.54) is 25.7 Å². The summed E-state index contributed by atoms with van der Waals surface area (Å²) in [6.45, 7) is 3.33. The summed E-state index contributed by atoms with van der Waals surface area (Å²) in [6, 6.07) is 10.4. The molecule has 2 aromatic heterocycles. The molecular formula is C21H25N5O. The molecule has 6 nitrogen and oxygen atoms in total. The largest absolute Gasteiger partial charge is 0.339 e. The van der Waals surface area contributed by atoms with Crippen LogP contribution >= 0.6 is 0 Å². The summed E-state index contributed by atoms with van der Waals surface area (Å²) in [5, 5.41) is 4.96. The molecule has 0 amide bonds. The summed E-state index contributed by atoms with van der Waals surface area (Å²) in [7, 11) is 0. The second kappa shape index (κ2) is 6.51. The number of anilines is 1. The van der Waals surface area contributed by atoms with E-state index in [4.69, 9.17) is 4.98 Å². The average molecular weight is 363 g/mol. The van der Waals surface area contributed by atoms with E-state index in [9.17, 15) is 4.79 Å². The normalized spacial score (nSPS) is 25.5. The molecule has 3 atom stereocenters. The maximum absolute atomic E-state index is 12.7. The summed E-state index contributed by atoms with van der Waals surface area (Å²) in [6.07, 6.45) is 7.83. The van der Waals surface area contributed by atoms with Gasteiger partial charge in [-0.05, 0) is 43.2 Å². The van der Waals surface area contributed by atoms with E-state index < -0.39 is 0 Å². The first-order chi connectivity index (χ1) is 13.2. The number of hydrogen-bond donors (Lipinski definition) is 1. The zero-order valence-corrected chi connectivity index (χ0v) is 15.6. The number of nitrogens with zero attached hydrogens (tertiary/aromatic N) is 4. The minimum Gasteiger partial charge on any atom is -0.339 e. The molecule has 5 rings (SSSR count). The van der Waals surface area contributed by atoms with Crippen LogP contribution in [0.5, 0.6) is 0 Å². The number of aromatic nitrogens is 4. The third-order valence-corrected chi connectivity index (χ3v) is 6.44. The van der Waals surface area contributed by atoms with Crippen molar-refractivity contribution < 1.29 is 0 Å². The maximum Gasteiger partial charge on any atom is 0.263 e. The molecule has 1 aromatic carbocycles. The molecule has 27 heavy (non-hydrogen) atoms. The van der Waals surface area contributed by atoms with Crippen LogP contribution in [0.3, 0.4) is 0 Å². The van der Waals surface area contributed by atoms with Gasteiger partial charge in [-0.3, -0.25) is 9.78 Å². The molecule has 3 aromatic rings. The highest BCUT2D eigenvalue weighted by molar-refractivity contribution is 5.76. The van der Waals surface area contributed by atoms with E-state index in [1.54, 1.807) is 10.9 Å². The van der Waals surface area contributed by atoms with Gasteiger partial charge >= 0.3 is 0 Å². The number of H-pyrrole nitrogens is 1. The van der Waals surface area contributed by atoms with E-state index in [0.29, 0.717) is 28.9 Å². The van der Waals surface area contributed by atoms with Crippen molar-refractivity contribution in [2.24, 2.45) is 11.8 Å². The van der Waals surface area contributed by atoms with Gasteiger partial charge in [-0.2, -0.15) is 10.1 Å². The zero-order valence-electron chi connectivity index (χ0n) is 15.6. The lowest BCUT2D eigenvalue weighted by atomic mass is 9.73. The van der Waals surface area contributed by atoms with Crippen molar-refractivity contribution in [3.63, 3.8) is 0 Å². The minimum atomic E-state index is -0.108. The zero-order chi connectivity index (χ0) is 18.4. The first-order valence-corrected chi connectivity index (χ1v) is 10.0. The summed E-state index contributed by atoms with van der Waals surface area (Å²) in [5.41, 5.74) is 1.44. The molecule has 2 aliphatic rings. The predicted octanol–water partition coefficient (Wildman–Crippen LogP) is 3.51. The topological polar surface area (TPSA) is 66.8 Å². The van der Waals surface area contributed by atoms with E-state index in [0.717, 1.165) is 24.6 Å². The van der Waals surface area contributed by atoms with Crippen molar-refractivity contribution >= 4 is 17.0 Å². The lowest BCUT2D eigenvalue weighted by molar-refractivity contribution is 0.176. The van der Waals surface area contributed by atoms with Gasteiger partial charge in [0.2, 0.25) is 5.95 Å². The third kappa shape index (κ3) is 2.74. The molecule has 0 unspecified atom stereocenters. The number of nitrogens with one attached hydrogen (secondary N) is 1. The first-order valence-electron chi connectivity index (χ1n) is 10.0. The average Bonchev–Trinajstić information content (AvgIpc) is 3.14. The van der Waals surface area contributed by atoms with Gasteiger partial charge in [0.25, 0.3) is 5.56 Å². The number of hydrogen-bond acceptors (Lipinski definition) is 4. The number of aromatic amines is 1. The smallest absolute Gasteiger partial charge is 0.263 e. The van der Waals surface area contributed by atoms with Crippen LogP contribution in [0.4, 0.5) is 5.95 Å². The van der Waals surface area contributed by atoms with Gasteiger partial charge in [0.1, 0.15) is 5.39 Å². The van der Waals surface area contributed by atoms with Crippen molar-refractivity contribution in [2.45, 2.75) is 45.1 Å². The third-order valence-electron chi connectivity index (χ3n) is 6.44. The fourth-order valence-corrected chi connectivity index (χ4v) is 4.98. The van der Waals surface area contributed by atoms with Crippen LogP contribution < -0.4 is 10.5 Å². The molecule has 0 radical (unpaired) electrons. The van der Waals surface area contributed by atoms with E-state index in [2.05, 4.69) is 21.9 Å². The van der Waals surface area contributed by atoms with Crippen molar-refractivity contribution in [3.8, 4) is 5.69 Å². The van der Waals surface area contributed by atoms with Gasteiger partial charge in [-0.15, -0.1) is 0 Å². The Morgan fingerprint density at radius 3 is 2.78 bits per heavy atom. The van der Waals surface area contributed by atoms with Crippen LogP contribution in [-0.2, 0) is 0 Å². The molecule has 6 heteroatoms. The Morgan fingerprint density at radius 1 is 1.11 bits per heavy atom. The Balaban J connectivity index is 1.60. The van der Waals surface area contributed by atoms with Crippen molar-refractivity contribution in [1.82, 2.24) is 19.7 Å². The molecule has 3 heterocycles. The van der Waals surface area contributed by atoms with Crippen LogP contribution in [0.2, 0.25) is 0 Å². The number of para-hydroxylation sites is 1. The van der Waals surface area contributed by atoms with Gasteiger partial charge in [-0.25, -0.2) is 4.68 Å². The Bertz CT molecular complexity index is 1010. The molecule has 1 aliphatic carbocycles. The standard InChI is InChI=1S/C21H25N5O/c1-14-11-12-25(18-10-6-5-9-16(14)18)21-23-19-17(20(27)24-21)13-22-26(19)15-7-3-2-4-8-15/h2-4,7-8,13-14,16,18H,5-6,9-12H2,1H3,(H,23,24,27)/t14-,16+,18+/m1/s1. The molecule has 140 valence electrons. The van der Waals surface area contributed by atoms with Gasteiger partial charge in [0, 0.05) is 12.6 Å². The first kappa shape index (κ1) is 16.5. The van der Waals surface area contributed by atoms with Gasteiger partial charge < -0.3 is 4.90 Å². The molecule has 2 fully saturated rings. The summed E-state index contributed by atoms with van der Waals surface area (Å²) in [4.78, 5) is 23.0. The molecule has 1 N–H and O–H groups in total. The highest BCUT2D eigenvalue weighted by Gasteiger charge is 2.38. The summed E-state index contributed by atoms with van der Waals surface area (Å²) in [5.74, 6) is 2.15. The lowest BCUT2D eigenvalue weighted by Gasteiger charge is -2.47. The fraction of sp³-hybridized carbons (Fsp3) is 0.476. The van der Waals surface area contributed by atoms with E-state index in [1.807, 2.05) is 30.3 Å². The SMILES string of the molecule is C[C@@H]1CCN(c2nc3c(cnn3-c3ccccc3)c(=O)[nH]2)[C@H]2CCCC[C@@H]12. The van der Waals surface area contributed by atoms with Crippen molar-refractivity contribution in [3.05, 3.63) is 46.9 Å². The molecule has 1 saturated heterocycles.